The summed E-state index contributed by atoms with van der Waals surface area (Å²) in [5, 5.41) is 3.57. The lowest BCUT2D eigenvalue weighted by Crippen LogP contribution is -2.21. The third-order valence-corrected chi connectivity index (χ3v) is 4.09. The normalized spacial score (nSPS) is 18.8. The van der Waals surface area contributed by atoms with Crippen LogP contribution in [0.1, 0.15) is 49.3 Å². The van der Waals surface area contributed by atoms with E-state index in [0.717, 1.165) is 18.4 Å². The maximum atomic E-state index is 5.65. The molecule has 106 valence electrons. The van der Waals surface area contributed by atoms with Gasteiger partial charge in [0.2, 0.25) is 0 Å². The molecule has 1 aromatic rings. The molecule has 0 saturated carbocycles. The van der Waals surface area contributed by atoms with Crippen LogP contribution >= 0.6 is 0 Å². The van der Waals surface area contributed by atoms with Crippen LogP contribution in [0.15, 0.2) is 12.1 Å². The minimum Gasteiger partial charge on any atom is -0.494 e. The average molecular weight is 261 g/mol. The van der Waals surface area contributed by atoms with Crippen molar-refractivity contribution in [3.63, 3.8) is 0 Å². The molecule has 2 rings (SSSR count). The van der Waals surface area contributed by atoms with Gasteiger partial charge in [-0.1, -0.05) is 6.07 Å². The van der Waals surface area contributed by atoms with Crippen LogP contribution in [0.2, 0.25) is 0 Å². The standard InChI is InChI=1S/C17H27NO/c1-4-19-17-12-13(2)15(11-14(17)3)7-5-8-16-9-6-10-18-16/h11-12,16,18H,4-10H2,1-3H3. The van der Waals surface area contributed by atoms with Gasteiger partial charge in [0.1, 0.15) is 5.75 Å². The summed E-state index contributed by atoms with van der Waals surface area (Å²) in [6.45, 7) is 8.34. The smallest absolute Gasteiger partial charge is 0.122 e. The van der Waals surface area contributed by atoms with Gasteiger partial charge in [-0.05, 0) is 82.2 Å². The maximum absolute atomic E-state index is 5.65. The van der Waals surface area contributed by atoms with Gasteiger partial charge >= 0.3 is 0 Å². The summed E-state index contributed by atoms with van der Waals surface area (Å²) in [6.07, 6.45) is 6.50. The lowest BCUT2D eigenvalue weighted by Gasteiger charge is -2.14. The summed E-state index contributed by atoms with van der Waals surface area (Å²) in [5.74, 6) is 1.04. The zero-order valence-corrected chi connectivity index (χ0v) is 12.6. The Morgan fingerprint density at radius 2 is 2.11 bits per heavy atom. The molecule has 19 heavy (non-hydrogen) atoms. The van der Waals surface area contributed by atoms with Gasteiger partial charge in [0.05, 0.1) is 6.61 Å². The van der Waals surface area contributed by atoms with Crippen molar-refractivity contribution in [2.45, 2.75) is 58.9 Å². The van der Waals surface area contributed by atoms with E-state index in [0.29, 0.717) is 0 Å². The van der Waals surface area contributed by atoms with Crippen LogP contribution in [-0.4, -0.2) is 19.2 Å². The van der Waals surface area contributed by atoms with Gasteiger partial charge in [-0.2, -0.15) is 0 Å². The lowest BCUT2D eigenvalue weighted by atomic mass is 9.98. The van der Waals surface area contributed by atoms with E-state index < -0.39 is 0 Å². The Hall–Kier alpha value is -1.02. The molecular formula is C17H27NO. The molecule has 0 aromatic heterocycles. The fraction of sp³-hybridized carbons (Fsp3) is 0.647. The molecule has 0 aliphatic carbocycles. The molecule has 1 atom stereocenters. The average Bonchev–Trinajstić information content (AvgIpc) is 2.88. The van der Waals surface area contributed by atoms with E-state index in [2.05, 4.69) is 31.3 Å². The minimum absolute atomic E-state index is 0.743. The Morgan fingerprint density at radius 3 is 2.79 bits per heavy atom. The van der Waals surface area contributed by atoms with E-state index in [1.807, 2.05) is 6.92 Å². The quantitative estimate of drug-likeness (QED) is 0.841. The number of hydrogen-bond donors (Lipinski definition) is 1. The van der Waals surface area contributed by atoms with Crippen molar-refractivity contribution in [1.29, 1.82) is 0 Å². The molecule has 0 radical (unpaired) electrons. The van der Waals surface area contributed by atoms with Crippen LogP contribution in [0.4, 0.5) is 0 Å². The van der Waals surface area contributed by atoms with E-state index in [1.165, 1.54) is 55.3 Å². The van der Waals surface area contributed by atoms with Crippen LogP contribution in [0, 0.1) is 13.8 Å². The Balaban J connectivity index is 1.90. The predicted octanol–water partition coefficient (Wildman–Crippen LogP) is 3.78. The summed E-state index contributed by atoms with van der Waals surface area (Å²) in [5.41, 5.74) is 4.12. The number of rotatable bonds is 6. The van der Waals surface area contributed by atoms with Gasteiger partial charge in [0, 0.05) is 6.04 Å². The van der Waals surface area contributed by atoms with Gasteiger partial charge in [-0.25, -0.2) is 0 Å². The number of benzene rings is 1. The first-order valence-electron chi connectivity index (χ1n) is 7.67. The highest BCUT2D eigenvalue weighted by Gasteiger charge is 2.13. The van der Waals surface area contributed by atoms with Gasteiger partial charge in [0.25, 0.3) is 0 Å². The molecule has 0 amide bonds. The maximum Gasteiger partial charge on any atom is 0.122 e. The number of nitrogens with one attached hydrogen (secondary N) is 1. The Labute approximate surface area is 117 Å². The van der Waals surface area contributed by atoms with Crippen molar-refractivity contribution in [2.75, 3.05) is 13.2 Å². The second kappa shape index (κ2) is 6.95. The van der Waals surface area contributed by atoms with Gasteiger partial charge in [-0.15, -0.1) is 0 Å². The zero-order chi connectivity index (χ0) is 13.7. The van der Waals surface area contributed by atoms with Crippen molar-refractivity contribution in [1.82, 2.24) is 5.32 Å². The Kier molecular flexibility index (Phi) is 5.26. The van der Waals surface area contributed by atoms with Crippen LogP contribution in [0.5, 0.6) is 5.75 Å². The van der Waals surface area contributed by atoms with Gasteiger partial charge < -0.3 is 10.1 Å². The number of hydrogen-bond acceptors (Lipinski definition) is 2. The minimum atomic E-state index is 0.743. The first kappa shape index (κ1) is 14.4. The molecular weight excluding hydrogens is 234 g/mol. The van der Waals surface area contributed by atoms with Crippen molar-refractivity contribution < 1.29 is 4.74 Å². The van der Waals surface area contributed by atoms with E-state index in [1.54, 1.807) is 0 Å². The fourth-order valence-electron chi connectivity index (χ4n) is 2.97. The monoisotopic (exact) mass is 261 g/mol. The molecule has 1 fully saturated rings. The van der Waals surface area contributed by atoms with Gasteiger partial charge in [0.15, 0.2) is 0 Å². The molecule has 1 saturated heterocycles. The Morgan fingerprint density at radius 1 is 1.26 bits per heavy atom. The van der Waals surface area contributed by atoms with Crippen LogP contribution in [0.25, 0.3) is 0 Å². The van der Waals surface area contributed by atoms with E-state index in [4.69, 9.17) is 4.74 Å². The van der Waals surface area contributed by atoms with Crippen molar-refractivity contribution in [2.24, 2.45) is 0 Å². The van der Waals surface area contributed by atoms with E-state index in [9.17, 15) is 0 Å². The molecule has 2 heteroatoms. The molecule has 1 aliphatic heterocycles. The SMILES string of the molecule is CCOc1cc(C)c(CCCC2CCCN2)cc1C. The summed E-state index contributed by atoms with van der Waals surface area (Å²) in [4.78, 5) is 0. The molecule has 0 bridgehead atoms. The highest BCUT2D eigenvalue weighted by molar-refractivity contribution is 5.41. The first-order valence-corrected chi connectivity index (χ1v) is 7.67. The highest BCUT2D eigenvalue weighted by Crippen LogP contribution is 2.24. The van der Waals surface area contributed by atoms with Crippen molar-refractivity contribution >= 4 is 0 Å². The molecule has 1 aliphatic rings. The third kappa shape index (κ3) is 3.97. The summed E-state index contributed by atoms with van der Waals surface area (Å²) in [6, 6.07) is 5.27. The molecule has 2 nitrogen and oxygen atoms in total. The first-order chi connectivity index (χ1) is 9.20. The second-order valence-electron chi connectivity index (χ2n) is 5.66. The summed E-state index contributed by atoms with van der Waals surface area (Å²) < 4.78 is 5.65. The van der Waals surface area contributed by atoms with Crippen molar-refractivity contribution in [3.05, 3.63) is 28.8 Å². The van der Waals surface area contributed by atoms with E-state index >= 15 is 0 Å². The van der Waals surface area contributed by atoms with Crippen LogP contribution in [-0.2, 0) is 6.42 Å². The predicted molar refractivity (Wildman–Crippen MR) is 81.0 cm³/mol. The molecule has 0 spiro atoms. The number of aryl methyl sites for hydroxylation is 3. The van der Waals surface area contributed by atoms with Crippen LogP contribution in [0.3, 0.4) is 0 Å². The fourth-order valence-corrected chi connectivity index (χ4v) is 2.97. The Bertz CT molecular complexity index is 408. The molecule has 1 unspecified atom stereocenters. The molecule has 1 aromatic carbocycles. The summed E-state index contributed by atoms with van der Waals surface area (Å²) >= 11 is 0. The van der Waals surface area contributed by atoms with Crippen LogP contribution < -0.4 is 10.1 Å². The molecule has 1 heterocycles. The largest absolute Gasteiger partial charge is 0.494 e. The highest BCUT2D eigenvalue weighted by atomic mass is 16.5. The topological polar surface area (TPSA) is 21.3 Å². The summed E-state index contributed by atoms with van der Waals surface area (Å²) in [7, 11) is 0. The van der Waals surface area contributed by atoms with Gasteiger partial charge in [-0.3, -0.25) is 0 Å². The third-order valence-electron chi connectivity index (χ3n) is 4.09. The van der Waals surface area contributed by atoms with E-state index in [-0.39, 0.29) is 0 Å². The lowest BCUT2D eigenvalue weighted by molar-refractivity contribution is 0.337. The second-order valence-corrected chi connectivity index (χ2v) is 5.66. The number of ether oxygens (including phenoxy) is 1. The zero-order valence-electron chi connectivity index (χ0n) is 12.6. The van der Waals surface area contributed by atoms with Crippen molar-refractivity contribution in [3.8, 4) is 5.75 Å². The molecule has 1 N–H and O–H groups in total.